The smallest absolute Gasteiger partial charge is 0.179 e. The molecule has 0 aliphatic heterocycles. The van der Waals surface area contributed by atoms with Crippen molar-refractivity contribution >= 4 is 11.6 Å². The van der Waals surface area contributed by atoms with Crippen LogP contribution >= 0.6 is 11.6 Å². The van der Waals surface area contributed by atoms with Crippen LogP contribution in [0.25, 0.3) is 0 Å². The summed E-state index contributed by atoms with van der Waals surface area (Å²) in [6, 6.07) is 3.83. The lowest BCUT2D eigenvalue weighted by atomic mass is 10.0. The van der Waals surface area contributed by atoms with E-state index < -0.39 is 0 Å². The Morgan fingerprint density at radius 1 is 1.31 bits per heavy atom. The van der Waals surface area contributed by atoms with E-state index in [4.69, 9.17) is 26.8 Å². The second-order valence-electron chi connectivity index (χ2n) is 4.10. The summed E-state index contributed by atoms with van der Waals surface area (Å²) in [7, 11) is 3.17. The van der Waals surface area contributed by atoms with Crippen LogP contribution in [0.2, 0.25) is 5.02 Å². The fraction of sp³-hybridized carbons (Fsp3) is 0.500. The monoisotopic (exact) mass is 241 g/mol. The molecule has 3 nitrogen and oxygen atoms in total. The zero-order valence-corrected chi connectivity index (χ0v) is 10.3. The number of methoxy groups -OCH3 is 2. The van der Waals surface area contributed by atoms with Gasteiger partial charge < -0.3 is 15.2 Å². The molecule has 0 heterocycles. The van der Waals surface area contributed by atoms with Crippen LogP contribution in [0.5, 0.6) is 11.5 Å². The first-order chi connectivity index (χ1) is 7.67. The summed E-state index contributed by atoms with van der Waals surface area (Å²) < 4.78 is 10.4. The zero-order chi connectivity index (χ0) is 11.7. The molecule has 16 heavy (non-hydrogen) atoms. The van der Waals surface area contributed by atoms with Crippen LogP contribution in [0.3, 0.4) is 0 Å². The maximum atomic E-state index is 6.13. The van der Waals surface area contributed by atoms with Crippen LogP contribution < -0.4 is 15.2 Å². The summed E-state index contributed by atoms with van der Waals surface area (Å²) in [5.74, 6) is 1.80. The van der Waals surface area contributed by atoms with Gasteiger partial charge in [-0.25, -0.2) is 0 Å². The van der Waals surface area contributed by atoms with Gasteiger partial charge in [0, 0.05) is 6.04 Å². The molecule has 1 aromatic carbocycles. The van der Waals surface area contributed by atoms with Gasteiger partial charge in [-0.2, -0.15) is 0 Å². The molecule has 0 saturated heterocycles. The van der Waals surface area contributed by atoms with Crippen LogP contribution in [-0.2, 0) is 0 Å². The van der Waals surface area contributed by atoms with Crippen molar-refractivity contribution in [1.82, 2.24) is 0 Å². The number of halogens is 1. The molecule has 0 aromatic heterocycles. The molecule has 2 N–H and O–H groups in total. The molecule has 0 bridgehead atoms. The molecule has 1 aliphatic carbocycles. The lowest BCUT2D eigenvalue weighted by Crippen LogP contribution is -2.12. The van der Waals surface area contributed by atoms with Crippen LogP contribution in [-0.4, -0.2) is 14.2 Å². The third kappa shape index (κ3) is 2.11. The third-order valence-electron chi connectivity index (χ3n) is 2.97. The molecule has 0 spiro atoms. The van der Waals surface area contributed by atoms with Crippen LogP contribution in [0.15, 0.2) is 12.1 Å². The van der Waals surface area contributed by atoms with Gasteiger partial charge in [-0.1, -0.05) is 11.6 Å². The molecule has 1 fully saturated rings. The van der Waals surface area contributed by atoms with E-state index in [1.807, 2.05) is 12.1 Å². The van der Waals surface area contributed by atoms with Gasteiger partial charge in [0.2, 0.25) is 0 Å². The quantitative estimate of drug-likeness (QED) is 0.882. The van der Waals surface area contributed by atoms with Crippen molar-refractivity contribution in [3.05, 3.63) is 22.7 Å². The Morgan fingerprint density at radius 2 is 2.00 bits per heavy atom. The van der Waals surface area contributed by atoms with E-state index in [-0.39, 0.29) is 6.04 Å². The maximum Gasteiger partial charge on any atom is 0.179 e. The molecule has 1 saturated carbocycles. The molecule has 0 radical (unpaired) electrons. The molecule has 2 rings (SSSR count). The number of rotatable bonds is 4. The summed E-state index contributed by atoms with van der Waals surface area (Å²) in [5.41, 5.74) is 7.15. The predicted molar refractivity (Wildman–Crippen MR) is 64.2 cm³/mol. The number of hydrogen-bond acceptors (Lipinski definition) is 3. The fourth-order valence-corrected chi connectivity index (χ4v) is 2.15. The van der Waals surface area contributed by atoms with E-state index in [0.717, 1.165) is 5.56 Å². The normalized spacial score (nSPS) is 17.0. The van der Waals surface area contributed by atoms with Crippen molar-refractivity contribution in [2.75, 3.05) is 14.2 Å². The predicted octanol–water partition coefficient (Wildman–Crippen LogP) is 2.77. The Labute approximate surface area is 100 Å². The van der Waals surface area contributed by atoms with Crippen LogP contribution in [0.1, 0.15) is 24.4 Å². The molecule has 4 heteroatoms. The van der Waals surface area contributed by atoms with Crippen molar-refractivity contribution in [2.45, 2.75) is 18.9 Å². The Kier molecular flexibility index (Phi) is 3.26. The number of ether oxygens (including phenoxy) is 2. The molecule has 1 aliphatic rings. The topological polar surface area (TPSA) is 44.5 Å². The lowest BCUT2D eigenvalue weighted by molar-refractivity contribution is 0.354. The highest BCUT2D eigenvalue weighted by Gasteiger charge is 2.30. The Hall–Kier alpha value is -0.930. The van der Waals surface area contributed by atoms with Gasteiger partial charge in [-0.15, -0.1) is 0 Å². The van der Waals surface area contributed by atoms with Crippen molar-refractivity contribution in [3.8, 4) is 11.5 Å². The molecule has 0 amide bonds. The largest absolute Gasteiger partial charge is 0.493 e. The highest BCUT2D eigenvalue weighted by atomic mass is 35.5. The van der Waals surface area contributed by atoms with E-state index in [1.54, 1.807) is 14.2 Å². The first-order valence-corrected chi connectivity index (χ1v) is 5.72. The number of hydrogen-bond donors (Lipinski definition) is 1. The minimum absolute atomic E-state index is 0.0531. The van der Waals surface area contributed by atoms with Crippen LogP contribution in [0, 0.1) is 5.92 Å². The van der Waals surface area contributed by atoms with Gasteiger partial charge in [0.1, 0.15) is 0 Å². The highest BCUT2D eigenvalue weighted by Crippen LogP contribution is 2.43. The first-order valence-electron chi connectivity index (χ1n) is 5.34. The van der Waals surface area contributed by atoms with Gasteiger partial charge in [0.05, 0.1) is 19.2 Å². The van der Waals surface area contributed by atoms with E-state index in [0.29, 0.717) is 22.4 Å². The van der Waals surface area contributed by atoms with Crippen LogP contribution in [0.4, 0.5) is 0 Å². The fourth-order valence-electron chi connectivity index (χ4n) is 1.86. The minimum Gasteiger partial charge on any atom is -0.493 e. The van der Waals surface area contributed by atoms with Gasteiger partial charge in [-0.3, -0.25) is 0 Å². The Morgan fingerprint density at radius 3 is 2.50 bits per heavy atom. The SMILES string of the molecule is COc1cc(C(N)C2CC2)cc(Cl)c1OC. The summed E-state index contributed by atoms with van der Waals surface area (Å²) in [6.07, 6.45) is 2.40. The highest BCUT2D eigenvalue weighted by molar-refractivity contribution is 6.32. The minimum atomic E-state index is 0.0531. The molecular weight excluding hydrogens is 226 g/mol. The summed E-state index contributed by atoms with van der Waals surface area (Å²) >= 11 is 6.12. The van der Waals surface area contributed by atoms with E-state index in [9.17, 15) is 0 Å². The van der Waals surface area contributed by atoms with E-state index >= 15 is 0 Å². The maximum absolute atomic E-state index is 6.13. The average Bonchev–Trinajstić information content (AvgIpc) is 3.10. The molecule has 1 unspecified atom stereocenters. The summed E-state index contributed by atoms with van der Waals surface area (Å²) in [5, 5.41) is 0.549. The van der Waals surface area contributed by atoms with Crippen molar-refractivity contribution in [2.24, 2.45) is 11.7 Å². The standard InChI is InChI=1S/C12H16ClNO2/c1-15-10-6-8(11(14)7-3-4-7)5-9(13)12(10)16-2/h5-7,11H,3-4,14H2,1-2H3. The summed E-state index contributed by atoms with van der Waals surface area (Å²) in [4.78, 5) is 0. The first kappa shape index (κ1) is 11.6. The molecular formula is C12H16ClNO2. The third-order valence-corrected chi connectivity index (χ3v) is 3.25. The van der Waals surface area contributed by atoms with Crippen molar-refractivity contribution in [1.29, 1.82) is 0 Å². The summed E-state index contributed by atoms with van der Waals surface area (Å²) in [6.45, 7) is 0. The second-order valence-corrected chi connectivity index (χ2v) is 4.51. The molecule has 1 atom stereocenters. The van der Waals surface area contributed by atoms with Crippen molar-refractivity contribution < 1.29 is 9.47 Å². The number of nitrogens with two attached hydrogens (primary N) is 1. The van der Waals surface area contributed by atoms with Gasteiger partial charge >= 0.3 is 0 Å². The average molecular weight is 242 g/mol. The van der Waals surface area contributed by atoms with Gasteiger partial charge in [0.15, 0.2) is 11.5 Å². The van der Waals surface area contributed by atoms with Gasteiger partial charge in [-0.05, 0) is 36.5 Å². The van der Waals surface area contributed by atoms with Gasteiger partial charge in [0.25, 0.3) is 0 Å². The molecule has 88 valence electrons. The van der Waals surface area contributed by atoms with E-state index in [2.05, 4.69) is 0 Å². The van der Waals surface area contributed by atoms with E-state index in [1.165, 1.54) is 12.8 Å². The second kappa shape index (κ2) is 4.52. The Balaban J connectivity index is 2.36. The zero-order valence-electron chi connectivity index (χ0n) is 9.50. The lowest BCUT2D eigenvalue weighted by Gasteiger charge is -2.15. The van der Waals surface area contributed by atoms with Crippen molar-refractivity contribution in [3.63, 3.8) is 0 Å². The number of benzene rings is 1. The molecule has 1 aromatic rings. The Bertz CT molecular complexity index is 391.